The highest BCUT2D eigenvalue weighted by molar-refractivity contribution is 7.91. The Labute approximate surface area is 106 Å². The normalized spacial score (nSPS) is 30.5. The molecule has 94 valence electrons. The zero-order chi connectivity index (χ0) is 13.6. The lowest BCUT2D eigenvalue weighted by molar-refractivity contribution is -0.110. The molecule has 4 nitrogen and oxygen atoms in total. The summed E-state index contributed by atoms with van der Waals surface area (Å²) >= 11 is 0. The van der Waals surface area contributed by atoms with Crippen molar-refractivity contribution in [3.63, 3.8) is 0 Å². The third-order valence-corrected chi connectivity index (χ3v) is 5.05. The molecule has 1 aromatic rings. The maximum Gasteiger partial charge on any atom is 0.153 e. The summed E-state index contributed by atoms with van der Waals surface area (Å²) in [5.41, 5.74) is 0.358. The second-order valence-corrected chi connectivity index (χ2v) is 6.97. The van der Waals surface area contributed by atoms with Crippen LogP contribution in [0.1, 0.15) is 17.0 Å². The van der Waals surface area contributed by atoms with E-state index in [9.17, 15) is 13.2 Å². The van der Waals surface area contributed by atoms with Crippen molar-refractivity contribution < 1.29 is 13.2 Å². The average molecular weight is 263 g/mol. The summed E-state index contributed by atoms with van der Waals surface area (Å²) in [5, 5.41) is 8.21. The Morgan fingerprint density at radius 3 is 2.22 bits per heavy atom. The van der Waals surface area contributed by atoms with Crippen LogP contribution in [0.15, 0.2) is 24.3 Å². The second-order valence-electron chi connectivity index (χ2n) is 4.80. The van der Waals surface area contributed by atoms with E-state index < -0.39 is 26.4 Å². The Balaban J connectivity index is 2.49. The van der Waals surface area contributed by atoms with Crippen molar-refractivity contribution >= 4 is 16.1 Å². The van der Waals surface area contributed by atoms with E-state index >= 15 is 0 Å². The maximum absolute atomic E-state index is 11.7. The first-order chi connectivity index (χ1) is 8.36. The summed E-state index contributed by atoms with van der Waals surface area (Å²) in [4.78, 5) is 11.1. The number of hydrogen-bond acceptors (Lipinski definition) is 4. The Kier molecular flexibility index (Phi) is 2.78. The van der Waals surface area contributed by atoms with Gasteiger partial charge in [0, 0.05) is 12.2 Å². The van der Waals surface area contributed by atoms with Gasteiger partial charge in [-0.1, -0.05) is 29.8 Å². The third-order valence-electron chi connectivity index (χ3n) is 3.47. The Bertz CT molecular complexity index is 627. The fraction of sp³-hybridized carbons (Fsp3) is 0.385. The molecule has 2 rings (SSSR count). The Morgan fingerprint density at radius 1 is 1.33 bits per heavy atom. The minimum Gasteiger partial charge on any atom is -0.302 e. The predicted molar refractivity (Wildman–Crippen MR) is 66.7 cm³/mol. The molecule has 1 aliphatic rings. The van der Waals surface area contributed by atoms with Gasteiger partial charge in [0.25, 0.3) is 0 Å². The molecule has 0 spiro atoms. The van der Waals surface area contributed by atoms with Gasteiger partial charge in [0.15, 0.2) is 9.84 Å². The van der Waals surface area contributed by atoms with E-state index in [1.807, 2.05) is 25.1 Å². The quantitative estimate of drug-likeness (QED) is 0.768. The molecule has 0 amide bonds. The highest BCUT2D eigenvalue weighted by Gasteiger charge is 2.71. The van der Waals surface area contributed by atoms with Crippen molar-refractivity contribution in [3.05, 3.63) is 35.4 Å². The smallest absolute Gasteiger partial charge is 0.153 e. The number of sulfone groups is 1. The van der Waals surface area contributed by atoms with Crippen LogP contribution < -0.4 is 0 Å². The highest BCUT2D eigenvalue weighted by Crippen LogP contribution is 2.61. The fourth-order valence-electron chi connectivity index (χ4n) is 2.50. The average Bonchev–Trinajstić information content (AvgIpc) is 3.00. The lowest BCUT2D eigenvalue weighted by Gasteiger charge is -2.00. The first-order valence-electron chi connectivity index (χ1n) is 5.50. The standard InChI is InChI=1S/C13H13NO3S/c1-9-3-5-10(6-4-9)11-12(18(2,16)17)13(11,7-14)8-15/h3-6,8,11-12H,1-2H3/t11-,12-,13+/m1/s1. The van der Waals surface area contributed by atoms with Gasteiger partial charge in [-0.05, 0) is 12.5 Å². The van der Waals surface area contributed by atoms with Crippen molar-refractivity contribution in [2.24, 2.45) is 5.41 Å². The van der Waals surface area contributed by atoms with Gasteiger partial charge in [-0.25, -0.2) is 8.42 Å². The maximum atomic E-state index is 11.7. The lowest BCUT2D eigenvalue weighted by Crippen LogP contribution is -2.14. The predicted octanol–water partition coefficient (Wildman–Crippen LogP) is 1.21. The first kappa shape index (κ1) is 12.8. The van der Waals surface area contributed by atoms with E-state index in [1.54, 1.807) is 12.1 Å². The number of benzene rings is 1. The van der Waals surface area contributed by atoms with Crippen LogP contribution in [-0.4, -0.2) is 26.2 Å². The number of carbonyl (C=O) groups is 1. The number of nitriles is 1. The molecule has 1 aliphatic carbocycles. The largest absolute Gasteiger partial charge is 0.302 e. The van der Waals surface area contributed by atoms with Crippen LogP contribution in [0.5, 0.6) is 0 Å². The number of carbonyl (C=O) groups excluding carboxylic acids is 1. The molecule has 0 saturated heterocycles. The summed E-state index contributed by atoms with van der Waals surface area (Å²) in [6, 6.07) is 9.13. The van der Waals surface area contributed by atoms with Gasteiger partial charge in [-0.2, -0.15) is 5.26 Å². The van der Waals surface area contributed by atoms with E-state index in [2.05, 4.69) is 0 Å². The summed E-state index contributed by atoms with van der Waals surface area (Å²) in [6.07, 6.45) is 1.55. The van der Waals surface area contributed by atoms with Crippen LogP contribution in [-0.2, 0) is 14.6 Å². The first-order valence-corrected chi connectivity index (χ1v) is 7.45. The van der Waals surface area contributed by atoms with Crippen molar-refractivity contribution in [2.45, 2.75) is 18.1 Å². The van der Waals surface area contributed by atoms with E-state index in [0.29, 0.717) is 6.29 Å². The third kappa shape index (κ3) is 1.73. The zero-order valence-electron chi connectivity index (χ0n) is 10.1. The van der Waals surface area contributed by atoms with Gasteiger partial charge < -0.3 is 4.79 Å². The SMILES string of the molecule is Cc1ccc([C@@H]2[C@@H](S(C)(=O)=O)[C@@]2(C#N)C=O)cc1. The number of nitrogens with zero attached hydrogens (tertiary/aromatic N) is 1. The van der Waals surface area contributed by atoms with Crippen LogP contribution in [0.2, 0.25) is 0 Å². The molecule has 5 heteroatoms. The fourth-order valence-corrected chi connectivity index (χ4v) is 4.26. The molecular weight excluding hydrogens is 250 g/mol. The number of aryl methyl sites for hydroxylation is 1. The van der Waals surface area contributed by atoms with Gasteiger partial charge in [0.2, 0.25) is 0 Å². The molecule has 1 saturated carbocycles. The molecule has 1 aromatic carbocycles. The summed E-state index contributed by atoms with van der Waals surface area (Å²) in [6.45, 7) is 1.92. The molecule has 0 radical (unpaired) electrons. The zero-order valence-corrected chi connectivity index (χ0v) is 10.9. The van der Waals surface area contributed by atoms with Gasteiger partial charge in [-0.3, -0.25) is 0 Å². The number of hydrogen-bond donors (Lipinski definition) is 0. The highest BCUT2D eigenvalue weighted by atomic mass is 32.2. The summed E-state index contributed by atoms with van der Waals surface area (Å²) in [7, 11) is -3.42. The molecule has 0 bridgehead atoms. The van der Waals surface area contributed by atoms with Gasteiger partial charge in [0.1, 0.15) is 11.7 Å². The summed E-state index contributed by atoms with van der Waals surface area (Å²) < 4.78 is 23.3. The topological polar surface area (TPSA) is 75.0 Å². The minimum absolute atomic E-state index is 0.475. The molecule has 3 atom stereocenters. The molecule has 1 fully saturated rings. The van der Waals surface area contributed by atoms with Crippen LogP contribution in [0.3, 0.4) is 0 Å². The Hall–Kier alpha value is -1.67. The van der Waals surface area contributed by atoms with Gasteiger partial charge in [0.05, 0.1) is 11.3 Å². The Morgan fingerprint density at radius 2 is 1.89 bits per heavy atom. The van der Waals surface area contributed by atoms with Gasteiger partial charge >= 0.3 is 0 Å². The minimum atomic E-state index is -3.42. The van der Waals surface area contributed by atoms with Crippen molar-refractivity contribution in [3.8, 4) is 6.07 Å². The molecular formula is C13H13NO3S. The molecule has 0 aromatic heterocycles. The van der Waals surface area contributed by atoms with E-state index in [0.717, 1.165) is 17.4 Å². The van der Waals surface area contributed by atoms with E-state index in [4.69, 9.17) is 5.26 Å². The molecule has 0 N–H and O–H groups in total. The van der Waals surface area contributed by atoms with Gasteiger partial charge in [-0.15, -0.1) is 0 Å². The molecule has 0 aliphatic heterocycles. The van der Waals surface area contributed by atoms with Crippen molar-refractivity contribution in [1.29, 1.82) is 5.26 Å². The van der Waals surface area contributed by atoms with E-state index in [-0.39, 0.29) is 0 Å². The van der Waals surface area contributed by atoms with Crippen LogP contribution in [0.4, 0.5) is 0 Å². The molecule has 0 heterocycles. The van der Waals surface area contributed by atoms with Crippen LogP contribution in [0.25, 0.3) is 0 Å². The number of aldehydes is 1. The lowest BCUT2D eigenvalue weighted by atomic mass is 10.0. The second kappa shape index (κ2) is 3.92. The number of rotatable bonds is 3. The monoisotopic (exact) mass is 263 g/mol. The van der Waals surface area contributed by atoms with Crippen LogP contribution >= 0.6 is 0 Å². The molecule has 0 unspecified atom stereocenters. The molecule has 18 heavy (non-hydrogen) atoms. The van der Waals surface area contributed by atoms with Crippen LogP contribution in [0, 0.1) is 23.7 Å². The summed E-state index contributed by atoms with van der Waals surface area (Å²) in [5.74, 6) is -0.546. The van der Waals surface area contributed by atoms with E-state index in [1.165, 1.54) is 0 Å². The van der Waals surface area contributed by atoms with Crippen molar-refractivity contribution in [2.75, 3.05) is 6.26 Å². The van der Waals surface area contributed by atoms with Crippen molar-refractivity contribution in [1.82, 2.24) is 0 Å².